The molecule has 1 fully saturated rings. The Morgan fingerprint density at radius 1 is 1.17 bits per heavy atom. The lowest BCUT2D eigenvalue weighted by Crippen LogP contribution is -2.44. The van der Waals surface area contributed by atoms with Gasteiger partial charge in [0.15, 0.2) is 0 Å². The van der Waals surface area contributed by atoms with Crippen molar-refractivity contribution in [2.24, 2.45) is 11.8 Å². The average molecular weight is 245 g/mol. The van der Waals surface area contributed by atoms with Crippen molar-refractivity contribution >= 4 is 0 Å². The van der Waals surface area contributed by atoms with Crippen molar-refractivity contribution in [2.45, 2.75) is 44.7 Å². The Balaban J connectivity index is 1.82. The van der Waals surface area contributed by atoms with Crippen LogP contribution in [0.4, 0.5) is 0 Å². The van der Waals surface area contributed by atoms with E-state index in [0.29, 0.717) is 6.04 Å². The summed E-state index contributed by atoms with van der Waals surface area (Å²) in [5, 5.41) is 12.9. The zero-order chi connectivity index (χ0) is 12.5. The van der Waals surface area contributed by atoms with Crippen LogP contribution >= 0.6 is 0 Å². The van der Waals surface area contributed by atoms with Gasteiger partial charge in [-0.1, -0.05) is 24.3 Å². The van der Waals surface area contributed by atoms with Crippen LogP contribution in [0.5, 0.6) is 0 Å². The molecule has 2 N–H and O–H groups in total. The van der Waals surface area contributed by atoms with Crippen LogP contribution in [-0.2, 0) is 12.8 Å². The smallest absolute Gasteiger partial charge is 0.0582 e. The molecule has 18 heavy (non-hydrogen) atoms. The highest BCUT2D eigenvalue weighted by atomic mass is 16.3. The van der Waals surface area contributed by atoms with E-state index in [1.165, 1.54) is 25.7 Å². The van der Waals surface area contributed by atoms with Crippen LogP contribution in [0.3, 0.4) is 0 Å². The Hall–Kier alpha value is -0.860. The second kappa shape index (κ2) is 5.02. The molecule has 0 aromatic heterocycles. The zero-order valence-corrected chi connectivity index (χ0v) is 11.1. The molecule has 1 saturated carbocycles. The molecule has 2 nitrogen and oxygen atoms in total. The normalized spacial score (nSPS) is 31.8. The SMILES string of the molecule is CC(CO)NC1C2CCC1Cc1ccccc1C2. The van der Waals surface area contributed by atoms with E-state index in [1.807, 2.05) is 0 Å². The second-order valence-electron chi connectivity index (χ2n) is 6.05. The molecule has 0 amide bonds. The number of aliphatic hydroxyl groups excluding tert-OH is 1. The summed E-state index contributed by atoms with van der Waals surface area (Å²) in [4.78, 5) is 0. The molecular formula is C16H23NO. The maximum absolute atomic E-state index is 9.24. The Morgan fingerprint density at radius 2 is 1.72 bits per heavy atom. The first-order valence-corrected chi connectivity index (χ1v) is 7.21. The average Bonchev–Trinajstić information content (AvgIpc) is 2.65. The van der Waals surface area contributed by atoms with Gasteiger partial charge in [0.05, 0.1) is 6.61 Å². The van der Waals surface area contributed by atoms with Crippen molar-refractivity contribution in [1.82, 2.24) is 5.32 Å². The molecule has 2 aliphatic carbocycles. The lowest BCUT2D eigenvalue weighted by Gasteiger charge is -2.26. The first-order chi connectivity index (χ1) is 8.78. The molecule has 3 rings (SSSR count). The quantitative estimate of drug-likeness (QED) is 0.855. The van der Waals surface area contributed by atoms with Gasteiger partial charge in [0.2, 0.25) is 0 Å². The van der Waals surface area contributed by atoms with Crippen LogP contribution in [0.1, 0.15) is 30.9 Å². The Bertz CT molecular complexity index is 384. The van der Waals surface area contributed by atoms with E-state index in [1.54, 1.807) is 11.1 Å². The Kier molecular flexibility index (Phi) is 3.40. The number of fused-ring (bicyclic) bond motifs is 3. The van der Waals surface area contributed by atoms with Crippen LogP contribution in [0.25, 0.3) is 0 Å². The number of rotatable bonds is 3. The molecule has 98 valence electrons. The van der Waals surface area contributed by atoms with Crippen molar-refractivity contribution in [2.75, 3.05) is 6.61 Å². The summed E-state index contributed by atoms with van der Waals surface area (Å²) in [5.41, 5.74) is 3.10. The minimum absolute atomic E-state index is 0.222. The molecule has 3 atom stereocenters. The highest BCUT2D eigenvalue weighted by Crippen LogP contribution is 2.40. The van der Waals surface area contributed by atoms with Gasteiger partial charge in [0.1, 0.15) is 0 Å². The largest absolute Gasteiger partial charge is 0.395 e. The van der Waals surface area contributed by atoms with Gasteiger partial charge < -0.3 is 10.4 Å². The second-order valence-corrected chi connectivity index (χ2v) is 6.05. The lowest BCUT2D eigenvalue weighted by molar-refractivity contribution is 0.217. The first-order valence-electron chi connectivity index (χ1n) is 7.21. The van der Waals surface area contributed by atoms with E-state index in [9.17, 15) is 5.11 Å². The third kappa shape index (κ3) is 2.19. The fraction of sp³-hybridized carbons (Fsp3) is 0.625. The van der Waals surface area contributed by atoms with Crippen LogP contribution in [0.2, 0.25) is 0 Å². The Labute approximate surface area is 109 Å². The van der Waals surface area contributed by atoms with Crippen molar-refractivity contribution in [1.29, 1.82) is 0 Å². The molecular weight excluding hydrogens is 222 g/mol. The van der Waals surface area contributed by atoms with Gasteiger partial charge in [0.25, 0.3) is 0 Å². The van der Waals surface area contributed by atoms with Gasteiger partial charge in [-0.15, -0.1) is 0 Å². The minimum atomic E-state index is 0.222. The fourth-order valence-electron chi connectivity index (χ4n) is 3.80. The summed E-state index contributed by atoms with van der Waals surface area (Å²) >= 11 is 0. The molecule has 1 aromatic carbocycles. The maximum atomic E-state index is 9.24. The van der Waals surface area contributed by atoms with Gasteiger partial charge in [-0.2, -0.15) is 0 Å². The molecule has 1 aromatic rings. The van der Waals surface area contributed by atoms with Gasteiger partial charge in [-0.05, 0) is 55.6 Å². The van der Waals surface area contributed by atoms with Gasteiger partial charge >= 0.3 is 0 Å². The summed E-state index contributed by atoms with van der Waals surface area (Å²) in [5.74, 6) is 1.51. The third-order valence-electron chi connectivity index (χ3n) is 4.76. The van der Waals surface area contributed by atoms with Crippen LogP contribution in [0.15, 0.2) is 24.3 Å². The van der Waals surface area contributed by atoms with E-state index >= 15 is 0 Å². The van der Waals surface area contributed by atoms with E-state index in [4.69, 9.17) is 0 Å². The highest BCUT2D eigenvalue weighted by molar-refractivity contribution is 5.30. The number of nitrogens with one attached hydrogen (secondary N) is 1. The lowest BCUT2D eigenvalue weighted by atomic mass is 9.94. The zero-order valence-electron chi connectivity index (χ0n) is 11.1. The number of hydrogen-bond donors (Lipinski definition) is 2. The molecule has 0 heterocycles. The van der Waals surface area contributed by atoms with Crippen LogP contribution in [0, 0.1) is 11.8 Å². The van der Waals surface area contributed by atoms with Crippen molar-refractivity contribution in [3.63, 3.8) is 0 Å². The third-order valence-corrected chi connectivity index (χ3v) is 4.76. The molecule has 2 bridgehead atoms. The predicted octanol–water partition coefficient (Wildman–Crippen LogP) is 2.15. The maximum Gasteiger partial charge on any atom is 0.0582 e. The van der Waals surface area contributed by atoms with Gasteiger partial charge in [-0.3, -0.25) is 0 Å². The first kappa shape index (κ1) is 12.2. The molecule has 0 spiro atoms. The van der Waals surface area contributed by atoms with Crippen molar-refractivity contribution in [3.05, 3.63) is 35.4 Å². The minimum Gasteiger partial charge on any atom is -0.395 e. The van der Waals surface area contributed by atoms with Crippen molar-refractivity contribution in [3.8, 4) is 0 Å². The molecule has 3 unspecified atom stereocenters. The van der Waals surface area contributed by atoms with Crippen LogP contribution in [-0.4, -0.2) is 23.8 Å². The fourth-order valence-corrected chi connectivity index (χ4v) is 3.80. The molecule has 0 saturated heterocycles. The molecule has 2 aliphatic rings. The molecule has 0 aliphatic heterocycles. The van der Waals surface area contributed by atoms with Crippen LogP contribution < -0.4 is 5.32 Å². The number of aliphatic hydroxyl groups is 1. The van der Waals surface area contributed by atoms with Gasteiger partial charge in [-0.25, -0.2) is 0 Å². The monoisotopic (exact) mass is 245 g/mol. The summed E-state index contributed by atoms with van der Waals surface area (Å²) in [6.45, 7) is 2.32. The Morgan fingerprint density at radius 3 is 2.22 bits per heavy atom. The van der Waals surface area contributed by atoms with Gasteiger partial charge in [0, 0.05) is 12.1 Å². The summed E-state index contributed by atoms with van der Waals surface area (Å²) < 4.78 is 0. The summed E-state index contributed by atoms with van der Waals surface area (Å²) in [6, 6.07) is 9.73. The summed E-state index contributed by atoms with van der Waals surface area (Å²) in [7, 11) is 0. The highest BCUT2D eigenvalue weighted by Gasteiger charge is 2.39. The predicted molar refractivity (Wildman–Crippen MR) is 73.5 cm³/mol. The van der Waals surface area contributed by atoms with E-state index in [2.05, 4.69) is 36.5 Å². The van der Waals surface area contributed by atoms with Crippen molar-refractivity contribution < 1.29 is 5.11 Å². The number of hydrogen-bond acceptors (Lipinski definition) is 2. The molecule has 2 heteroatoms. The topological polar surface area (TPSA) is 32.3 Å². The standard InChI is InChI=1S/C16H23NO/c1-11(10-18)17-16-14-6-7-15(16)9-13-5-3-2-4-12(13)8-14/h2-5,11,14-18H,6-10H2,1H3. The summed E-state index contributed by atoms with van der Waals surface area (Å²) in [6.07, 6.45) is 5.11. The van der Waals surface area contributed by atoms with E-state index in [-0.39, 0.29) is 12.6 Å². The van der Waals surface area contributed by atoms with E-state index < -0.39 is 0 Å². The number of benzene rings is 1. The van der Waals surface area contributed by atoms with E-state index in [0.717, 1.165) is 11.8 Å². The molecule has 0 radical (unpaired) electrons.